The minimum absolute atomic E-state index is 0.0354. The van der Waals surface area contributed by atoms with Crippen LogP contribution < -0.4 is 11.3 Å². The Kier molecular flexibility index (Phi) is 4.61. The zero-order valence-electron chi connectivity index (χ0n) is 11.5. The van der Waals surface area contributed by atoms with Crippen molar-refractivity contribution < 1.29 is 5.11 Å². The Bertz CT molecular complexity index is 472. The normalized spacial score (nSPS) is 23.7. The highest BCUT2D eigenvalue weighted by Gasteiger charge is 2.26. The van der Waals surface area contributed by atoms with Crippen LogP contribution in [0, 0.1) is 0 Å². The maximum atomic E-state index is 11.7. The van der Waals surface area contributed by atoms with E-state index in [2.05, 4.69) is 4.90 Å². The highest BCUT2D eigenvalue weighted by molar-refractivity contribution is 5.33. The monoisotopic (exact) mass is 265 g/mol. The summed E-state index contributed by atoms with van der Waals surface area (Å²) >= 11 is 0. The summed E-state index contributed by atoms with van der Waals surface area (Å²) in [7, 11) is 2.01. The van der Waals surface area contributed by atoms with E-state index in [9.17, 15) is 9.90 Å². The van der Waals surface area contributed by atoms with Gasteiger partial charge in [0.25, 0.3) is 5.56 Å². The highest BCUT2D eigenvalue weighted by atomic mass is 16.3. The summed E-state index contributed by atoms with van der Waals surface area (Å²) in [5.74, 6) is 0. The van der Waals surface area contributed by atoms with Gasteiger partial charge in [0.15, 0.2) is 0 Å². The van der Waals surface area contributed by atoms with Crippen molar-refractivity contribution >= 4 is 5.69 Å². The number of rotatable bonds is 4. The van der Waals surface area contributed by atoms with E-state index in [1.54, 1.807) is 16.8 Å². The number of aliphatic hydroxyl groups is 1. The number of nitrogens with two attached hydrogens (primary N) is 1. The molecule has 0 bridgehead atoms. The number of hydrogen-bond acceptors (Lipinski definition) is 4. The maximum Gasteiger partial charge on any atom is 0.250 e. The lowest BCUT2D eigenvalue weighted by atomic mass is 9.91. The summed E-state index contributed by atoms with van der Waals surface area (Å²) in [6, 6.07) is 3.32. The molecule has 1 aromatic heterocycles. The largest absolute Gasteiger partial charge is 0.398 e. The van der Waals surface area contributed by atoms with Gasteiger partial charge in [0.05, 0.1) is 6.10 Å². The van der Waals surface area contributed by atoms with E-state index in [0.717, 1.165) is 25.8 Å². The molecule has 2 atom stereocenters. The fourth-order valence-corrected chi connectivity index (χ4v) is 2.76. The van der Waals surface area contributed by atoms with E-state index in [1.165, 1.54) is 12.5 Å². The summed E-state index contributed by atoms with van der Waals surface area (Å²) in [5, 5.41) is 10.0. The lowest BCUT2D eigenvalue weighted by molar-refractivity contribution is 0.0308. The molecule has 2 rings (SSSR count). The summed E-state index contributed by atoms with van der Waals surface area (Å²) in [5.41, 5.74) is 6.25. The van der Waals surface area contributed by atoms with E-state index in [1.807, 2.05) is 7.05 Å². The minimum atomic E-state index is -0.240. The average Bonchev–Trinajstić information content (AvgIpc) is 2.40. The average molecular weight is 265 g/mol. The number of aliphatic hydroxyl groups excluding tert-OH is 1. The van der Waals surface area contributed by atoms with Crippen molar-refractivity contribution in [1.82, 2.24) is 9.47 Å². The summed E-state index contributed by atoms with van der Waals surface area (Å²) in [6.45, 7) is 1.34. The Morgan fingerprint density at radius 3 is 2.89 bits per heavy atom. The molecular weight excluding hydrogens is 242 g/mol. The lowest BCUT2D eigenvalue weighted by Crippen LogP contribution is -2.44. The standard InChI is InChI=1S/C14H23N3O2/c1-16(12-4-2-3-5-13(12)18)8-9-17-10-11(15)6-7-14(17)19/h6-7,10,12-13,18H,2-5,8-9,15H2,1H3. The molecule has 0 saturated heterocycles. The number of anilines is 1. The summed E-state index contributed by atoms with van der Waals surface area (Å²) in [4.78, 5) is 13.8. The number of nitrogen functional groups attached to an aromatic ring is 1. The van der Waals surface area contributed by atoms with Crippen LogP contribution in [0.5, 0.6) is 0 Å². The first-order valence-corrected chi connectivity index (χ1v) is 6.92. The van der Waals surface area contributed by atoms with Crippen LogP contribution >= 0.6 is 0 Å². The van der Waals surface area contributed by atoms with Crippen molar-refractivity contribution in [1.29, 1.82) is 0 Å². The number of hydrogen-bond donors (Lipinski definition) is 2. The molecule has 5 heteroatoms. The lowest BCUT2D eigenvalue weighted by Gasteiger charge is -2.35. The van der Waals surface area contributed by atoms with Crippen LogP contribution in [0.25, 0.3) is 0 Å². The van der Waals surface area contributed by atoms with Gasteiger partial charge in [-0.15, -0.1) is 0 Å². The molecule has 3 N–H and O–H groups in total. The van der Waals surface area contributed by atoms with Crippen LogP contribution in [-0.2, 0) is 6.54 Å². The van der Waals surface area contributed by atoms with Crippen molar-refractivity contribution in [2.75, 3.05) is 19.3 Å². The van der Waals surface area contributed by atoms with Gasteiger partial charge in [0.1, 0.15) is 0 Å². The fourth-order valence-electron chi connectivity index (χ4n) is 2.76. The van der Waals surface area contributed by atoms with E-state index in [0.29, 0.717) is 12.2 Å². The Morgan fingerprint density at radius 2 is 2.16 bits per heavy atom. The number of aromatic nitrogens is 1. The van der Waals surface area contributed by atoms with Gasteiger partial charge >= 0.3 is 0 Å². The van der Waals surface area contributed by atoms with Gasteiger partial charge in [-0.05, 0) is 26.0 Å². The van der Waals surface area contributed by atoms with Gasteiger partial charge in [-0.1, -0.05) is 12.8 Å². The predicted octanol–water partition coefficient (Wildman–Crippen LogP) is 0.666. The molecule has 0 aliphatic heterocycles. The maximum absolute atomic E-state index is 11.7. The number of nitrogens with zero attached hydrogens (tertiary/aromatic N) is 2. The third-order valence-electron chi connectivity index (χ3n) is 3.96. The van der Waals surface area contributed by atoms with Crippen molar-refractivity contribution in [2.45, 2.75) is 44.4 Å². The van der Waals surface area contributed by atoms with Gasteiger partial charge in [0, 0.05) is 37.1 Å². The van der Waals surface area contributed by atoms with Gasteiger partial charge < -0.3 is 15.4 Å². The Morgan fingerprint density at radius 1 is 1.42 bits per heavy atom. The molecule has 1 aliphatic rings. The Labute approximate surface area is 113 Å². The molecule has 1 fully saturated rings. The molecule has 0 spiro atoms. The van der Waals surface area contributed by atoms with Crippen LogP contribution in [0.4, 0.5) is 5.69 Å². The number of likely N-dealkylation sites (N-methyl/N-ethyl adjacent to an activating group) is 1. The smallest absolute Gasteiger partial charge is 0.250 e. The van der Waals surface area contributed by atoms with Gasteiger partial charge in [-0.25, -0.2) is 0 Å². The molecular formula is C14H23N3O2. The van der Waals surface area contributed by atoms with Crippen molar-refractivity contribution in [2.24, 2.45) is 0 Å². The summed E-state index contributed by atoms with van der Waals surface area (Å²) in [6.07, 6.45) is 5.63. The highest BCUT2D eigenvalue weighted by Crippen LogP contribution is 2.22. The predicted molar refractivity (Wildman–Crippen MR) is 76.0 cm³/mol. The molecule has 1 saturated carbocycles. The summed E-state index contributed by atoms with van der Waals surface area (Å²) < 4.78 is 1.63. The van der Waals surface area contributed by atoms with E-state index in [-0.39, 0.29) is 17.7 Å². The third-order valence-corrected chi connectivity index (χ3v) is 3.96. The second kappa shape index (κ2) is 6.21. The minimum Gasteiger partial charge on any atom is -0.398 e. The van der Waals surface area contributed by atoms with Crippen LogP contribution in [0.15, 0.2) is 23.1 Å². The first-order chi connectivity index (χ1) is 9.08. The van der Waals surface area contributed by atoms with Crippen LogP contribution in [-0.4, -0.2) is 40.3 Å². The van der Waals surface area contributed by atoms with E-state index >= 15 is 0 Å². The second-order valence-electron chi connectivity index (χ2n) is 5.39. The molecule has 0 radical (unpaired) electrons. The van der Waals surface area contributed by atoms with Gasteiger partial charge in [0.2, 0.25) is 0 Å². The molecule has 2 unspecified atom stereocenters. The van der Waals surface area contributed by atoms with Crippen LogP contribution in [0.1, 0.15) is 25.7 Å². The van der Waals surface area contributed by atoms with Gasteiger partial charge in [-0.2, -0.15) is 0 Å². The zero-order valence-corrected chi connectivity index (χ0v) is 11.5. The Balaban J connectivity index is 1.94. The zero-order chi connectivity index (χ0) is 13.8. The molecule has 5 nitrogen and oxygen atoms in total. The van der Waals surface area contributed by atoms with E-state index in [4.69, 9.17) is 5.73 Å². The number of pyridine rings is 1. The molecule has 106 valence electrons. The SMILES string of the molecule is CN(CCn1cc(N)ccc1=O)C1CCCCC1O. The quantitative estimate of drug-likeness (QED) is 0.839. The molecule has 1 heterocycles. The Hall–Kier alpha value is -1.33. The van der Waals surface area contributed by atoms with Crippen LogP contribution in [0.2, 0.25) is 0 Å². The third kappa shape index (κ3) is 3.58. The topological polar surface area (TPSA) is 71.5 Å². The molecule has 1 aromatic rings. The van der Waals surface area contributed by atoms with Crippen LogP contribution in [0.3, 0.4) is 0 Å². The molecule has 0 aromatic carbocycles. The van der Waals surface area contributed by atoms with Gasteiger partial charge in [-0.3, -0.25) is 9.69 Å². The molecule has 19 heavy (non-hydrogen) atoms. The van der Waals surface area contributed by atoms with Crippen molar-refractivity contribution in [3.05, 3.63) is 28.7 Å². The first-order valence-electron chi connectivity index (χ1n) is 6.92. The van der Waals surface area contributed by atoms with Crippen molar-refractivity contribution in [3.8, 4) is 0 Å². The molecule has 0 amide bonds. The van der Waals surface area contributed by atoms with Crippen molar-refractivity contribution in [3.63, 3.8) is 0 Å². The fraction of sp³-hybridized carbons (Fsp3) is 0.643. The second-order valence-corrected chi connectivity index (χ2v) is 5.39. The molecule has 1 aliphatic carbocycles. The van der Waals surface area contributed by atoms with E-state index < -0.39 is 0 Å². The first kappa shape index (κ1) is 14.1.